The van der Waals surface area contributed by atoms with Gasteiger partial charge in [-0.2, -0.15) is 0 Å². The van der Waals surface area contributed by atoms with Crippen molar-refractivity contribution in [1.82, 2.24) is 20.9 Å². The first-order valence-corrected chi connectivity index (χ1v) is 15.7. The first-order valence-electron chi connectivity index (χ1n) is 15.7. The van der Waals surface area contributed by atoms with E-state index >= 15 is 0 Å². The number of aliphatic imine (C=N–C) groups is 3. The fourth-order valence-corrected chi connectivity index (χ4v) is 4.30. The third-order valence-electron chi connectivity index (χ3n) is 6.92. The Hall–Kier alpha value is -5.56. The van der Waals surface area contributed by atoms with Crippen molar-refractivity contribution in [1.29, 1.82) is 0 Å². The van der Waals surface area contributed by atoms with Crippen LogP contribution in [0.25, 0.3) is 0 Å². The number of carbonyl (C=O) groups is 3. The molecule has 0 unspecified atom stereocenters. The molecular formula is C35H43N7O6. The van der Waals surface area contributed by atoms with Crippen LogP contribution in [0, 0.1) is 0 Å². The minimum absolute atomic E-state index is 0.0804. The molecule has 0 heterocycles. The Bertz CT molecular complexity index is 1480. The van der Waals surface area contributed by atoms with Gasteiger partial charge in [-0.3, -0.25) is 34.3 Å². The van der Waals surface area contributed by atoms with E-state index in [1.807, 2.05) is 4.90 Å². The van der Waals surface area contributed by atoms with Crippen LogP contribution in [0.5, 0.6) is 17.2 Å². The van der Waals surface area contributed by atoms with Crippen molar-refractivity contribution in [3.8, 4) is 17.2 Å². The molecule has 0 fully saturated rings. The number of carbonyl (C=O) groups excluding carboxylic acids is 3. The van der Waals surface area contributed by atoms with Crippen molar-refractivity contribution in [2.75, 3.05) is 58.9 Å². The van der Waals surface area contributed by atoms with E-state index in [0.717, 1.165) is 0 Å². The summed E-state index contributed by atoms with van der Waals surface area (Å²) < 4.78 is 0. The number of amides is 3. The molecule has 0 aliphatic carbocycles. The van der Waals surface area contributed by atoms with Crippen molar-refractivity contribution >= 4 is 36.4 Å². The second-order valence-corrected chi connectivity index (χ2v) is 10.6. The Morgan fingerprint density at radius 2 is 0.896 bits per heavy atom. The van der Waals surface area contributed by atoms with Crippen LogP contribution >= 0.6 is 0 Å². The quantitative estimate of drug-likeness (QED) is 0.100. The summed E-state index contributed by atoms with van der Waals surface area (Å²) in [5.74, 6) is -0.295. The highest BCUT2D eigenvalue weighted by Crippen LogP contribution is 2.14. The van der Waals surface area contributed by atoms with Gasteiger partial charge in [0.15, 0.2) is 0 Å². The first-order chi connectivity index (χ1) is 23.3. The molecule has 3 rings (SSSR count). The van der Waals surface area contributed by atoms with E-state index in [2.05, 4.69) is 30.9 Å². The smallest absolute Gasteiger partial charge is 0.241 e. The molecule has 13 nitrogen and oxygen atoms in total. The molecule has 0 aliphatic heterocycles. The van der Waals surface area contributed by atoms with Crippen LogP contribution in [-0.2, 0) is 14.4 Å². The molecule has 0 spiro atoms. The van der Waals surface area contributed by atoms with Crippen LogP contribution in [0.2, 0.25) is 0 Å². The second kappa shape index (κ2) is 21.3. The van der Waals surface area contributed by atoms with Crippen molar-refractivity contribution < 1.29 is 29.7 Å². The molecule has 0 bridgehead atoms. The van der Waals surface area contributed by atoms with Gasteiger partial charge in [0, 0.05) is 101 Å². The maximum Gasteiger partial charge on any atom is 0.241 e. The molecule has 0 saturated heterocycles. The summed E-state index contributed by atoms with van der Waals surface area (Å²) in [7, 11) is 0. The van der Waals surface area contributed by atoms with Crippen LogP contribution in [0.1, 0.15) is 29.5 Å². The number of hydrogen-bond acceptors (Lipinski definition) is 10. The number of phenols is 3. The lowest BCUT2D eigenvalue weighted by molar-refractivity contribution is -0.121. The topological polar surface area (TPSA) is 188 Å². The normalized spacial score (nSPS) is 11.4. The minimum atomic E-state index is -0.281. The molecular weight excluding hydrogens is 614 g/mol. The molecule has 254 valence electrons. The monoisotopic (exact) mass is 657 g/mol. The van der Waals surface area contributed by atoms with Crippen molar-refractivity contribution in [2.45, 2.75) is 12.8 Å². The Balaban J connectivity index is 1.40. The number of hydrogen-bond donors (Lipinski definition) is 6. The number of nitrogens with zero attached hydrogens (tertiary/aromatic N) is 4. The highest BCUT2D eigenvalue weighted by Gasteiger charge is 2.09. The van der Waals surface area contributed by atoms with Crippen LogP contribution in [-0.4, -0.2) is 115 Å². The van der Waals surface area contributed by atoms with Crippen LogP contribution in [0.3, 0.4) is 0 Å². The third kappa shape index (κ3) is 14.7. The summed E-state index contributed by atoms with van der Waals surface area (Å²) in [6, 6.07) is 20.3. The zero-order valence-electron chi connectivity index (χ0n) is 26.8. The molecule has 0 atom stereocenters. The number of nitrogens with one attached hydrogen (secondary N) is 3. The SMILES string of the molecule is O=C(CCN=Cc1ccccc1O)NCCN(CCNC(=O)CCN=Cc1ccccc1O)CCNC(=O)CN=Cc1ccccc1O. The van der Waals surface area contributed by atoms with E-state index in [9.17, 15) is 29.7 Å². The van der Waals surface area contributed by atoms with Gasteiger partial charge in [0.2, 0.25) is 17.7 Å². The van der Waals surface area contributed by atoms with E-state index < -0.39 is 0 Å². The molecule has 3 aromatic carbocycles. The zero-order valence-corrected chi connectivity index (χ0v) is 26.8. The van der Waals surface area contributed by atoms with Crippen LogP contribution in [0.15, 0.2) is 87.8 Å². The van der Waals surface area contributed by atoms with Gasteiger partial charge in [-0.15, -0.1) is 0 Å². The number of benzene rings is 3. The van der Waals surface area contributed by atoms with Crippen LogP contribution in [0.4, 0.5) is 0 Å². The molecule has 3 amide bonds. The summed E-state index contributed by atoms with van der Waals surface area (Å²) in [4.78, 5) is 51.5. The maximum absolute atomic E-state index is 12.3. The summed E-state index contributed by atoms with van der Waals surface area (Å²) in [5, 5.41) is 38.0. The van der Waals surface area contributed by atoms with E-state index in [1.165, 1.54) is 18.6 Å². The molecule has 48 heavy (non-hydrogen) atoms. The number of phenolic OH excluding ortho intramolecular Hbond substituents is 3. The summed E-state index contributed by atoms with van der Waals surface area (Å²) in [6.45, 7) is 2.91. The van der Waals surface area contributed by atoms with Gasteiger partial charge >= 0.3 is 0 Å². The molecule has 0 radical (unpaired) electrons. The lowest BCUT2D eigenvalue weighted by Crippen LogP contribution is -2.43. The Morgan fingerprint density at radius 3 is 1.29 bits per heavy atom. The molecule has 0 saturated carbocycles. The molecule has 13 heteroatoms. The molecule has 6 N–H and O–H groups in total. The maximum atomic E-state index is 12.3. The van der Waals surface area contributed by atoms with Gasteiger partial charge in [-0.25, -0.2) is 0 Å². The summed E-state index contributed by atoms with van der Waals surface area (Å²) in [5.41, 5.74) is 1.68. The number of aromatic hydroxyl groups is 3. The summed E-state index contributed by atoms with van der Waals surface area (Å²) >= 11 is 0. The Morgan fingerprint density at radius 1 is 0.542 bits per heavy atom. The number of rotatable bonds is 20. The lowest BCUT2D eigenvalue weighted by atomic mass is 10.2. The highest BCUT2D eigenvalue weighted by molar-refractivity contribution is 5.86. The fourth-order valence-electron chi connectivity index (χ4n) is 4.30. The Labute approximate surface area is 280 Å². The van der Waals surface area contributed by atoms with Gasteiger partial charge in [-0.05, 0) is 36.4 Å². The van der Waals surface area contributed by atoms with Gasteiger partial charge in [-0.1, -0.05) is 36.4 Å². The Kier molecular flexibility index (Phi) is 16.4. The largest absolute Gasteiger partial charge is 0.507 e. The standard InChI is InChI=1S/C35H43N7O6/c43-30-10-4-1-7-27(30)23-36-15-13-33(46)39-17-20-42(22-19-41-35(48)26-38-25-29-9-3-6-12-32(29)45)21-18-40-34(47)14-16-37-24-28-8-2-5-11-31(28)44/h1-12,23-25,43-45H,13-22,26H2,(H,39,46)(H,40,47)(H,41,48). The van der Waals surface area contributed by atoms with Gasteiger partial charge in [0.1, 0.15) is 23.8 Å². The second-order valence-electron chi connectivity index (χ2n) is 10.6. The zero-order chi connectivity index (χ0) is 34.4. The van der Waals surface area contributed by atoms with Crippen molar-refractivity contribution in [3.05, 3.63) is 89.5 Å². The average Bonchev–Trinajstić information content (AvgIpc) is 3.07. The molecule has 0 aromatic heterocycles. The fraction of sp³-hybridized carbons (Fsp3) is 0.314. The van der Waals surface area contributed by atoms with Crippen molar-refractivity contribution in [3.63, 3.8) is 0 Å². The lowest BCUT2D eigenvalue weighted by Gasteiger charge is -2.23. The first kappa shape index (κ1) is 36.9. The van der Waals surface area contributed by atoms with Gasteiger partial charge in [0.05, 0.1) is 0 Å². The third-order valence-corrected chi connectivity index (χ3v) is 6.92. The van der Waals surface area contributed by atoms with E-state index in [1.54, 1.807) is 72.8 Å². The predicted molar refractivity (Wildman–Crippen MR) is 186 cm³/mol. The van der Waals surface area contributed by atoms with Crippen LogP contribution < -0.4 is 16.0 Å². The van der Waals surface area contributed by atoms with E-state index in [0.29, 0.717) is 56.0 Å². The molecule has 0 aliphatic rings. The number of para-hydroxylation sites is 3. The minimum Gasteiger partial charge on any atom is -0.507 e. The highest BCUT2D eigenvalue weighted by atomic mass is 16.3. The van der Waals surface area contributed by atoms with E-state index in [-0.39, 0.29) is 67.4 Å². The molecule has 3 aromatic rings. The van der Waals surface area contributed by atoms with Crippen molar-refractivity contribution in [2.24, 2.45) is 15.0 Å². The average molecular weight is 658 g/mol. The summed E-state index contributed by atoms with van der Waals surface area (Å²) in [6.07, 6.45) is 4.88. The van der Waals surface area contributed by atoms with E-state index in [4.69, 9.17) is 0 Å². The van der Waals surface area contributed by atoms with Gasteiger partial charge < -0.3 is 31.3 Å². The predicted octanol–water partition coefficient (Wildman–Crippen LogP) is 1.89. The van der Waals surface area contributed by atoms with Gasteiger partial charge in [0.25, 0.3) is 0 Å².